The average molecular weight is 405 g/mol. The maximum Gasteiger partial charge on any atom is 0.269 e. The largest absolute Gasteiger partial charge is 0.493 e. The molecule has 9 heteroatoms. The summed E-state index contributed by atoms with van der Waals surface area (Å²) in [4.78, 5) is 10.3. The Morgan fingerprint density at radius 1 is 0.933 bits per heavy atom. The van der Waals surface area contributed by atoms with E-state index >= 15 is 0 Å². The number of rotatable bonds is 7. The molecule has 0 heterocycles. The highest BCUT2D eigenvalue weighted by Gasteiger charge is 2.10. The summed E-state index contributed by atoms with van der Waals surface area (Å²) in [6, 6.07) is 20.4. The van der Waals surface area contributed by atoms with Crippen molar-refractivity contribution in [2.75, 3.05) is 19.6 Å². The Labute approximate surface area is 172 Å². The average Bonchev–Trinajstić information content (AvgIpc) is 2.79. The fourth-order valence-electron chi connectivity index (χ4n) is 2.50. The summed E-state index contributed by atoms with van der Waals surface area (Å²) in [7, 11) is 3.09. The van der Waals surface area contributed by atoms with Gasteiger partial charge in [0.1, 0.15) is 0 Å². The van der Waals surface area contributed by atoms with Gasteiger partial charge in [-0.25, -0.2) is 0 Å². The van der Waals surface area contributed by atoms with E-state index in [4.69, 9.17) is 9.47 Å². The van der Waals surface area contributed by atoms with E-state index < -0.39 is 4.92 Å². The van der Waals surface area contributed by atoms with Crippen molar-refractivity contribution in [2.24, 2.45) is 15.3 Å². The van der Waals surface area contributed by atoms with Gasteiger partial charge < -0.3 is 9.47 Å². The van der Waals surface area contributed by atoms with Crippen LogP contribution in [0.25, 0.3) is 0 Å². The van der Waals surface area contributed by atoms with Crippen LogP contribution in [0, 0.1) is 10.1 Å². The van der Waals surface area contributed by atoms with Gasteiger partial charge in [0.05, 0.1) is 30.5 Å². The smallest absolute Gasteiger partial charge is 0.269 e. The molecule has 3 aromatic carbocycles. The van der Waals surface area contributed by atoms with Crippen molar-refractivity contribution in [3.8, 4) is 11.5 Å². The summed E-state index contributed by atoms with van der Waals surface area (Å²) in [5.74, 6) is 1.38. The molecule has 0 atom stereocenters. The van der Waals surface area contributed by atoms with Crippen LogP contribution in [-0.2, 0) is 0 Å². The van der Waals surface area contributed by atoms with Crippen molar-refractivity contribution in [3.05, 3.63) is 88.5 Å². The SMILES string of the molecule is COc1ccc(/C(N=Nc2ccc([N+](=O)[O-])cc2)=N\Nc2ccccc2)cc1OC. The lowest BCUT2D eigenvalue weighted by Crippen LogP contribution is -2.02. The van der Waals surface area contributed by atoms with Gasteiger partial charge in [0.15, 0.2) is 11.5 Å². The molecule has 1 N–H and O–H groups in total. The molecule has 0 bridgehead atoms. The highest BCUT2D eigenvalue weighted by atomic mass is 16.6. The topological polar surface area (TPSA) is 111 Å². The molecule has 0 aliphatic carbocycles. The van der Waals surface area contributed by atoms with E-state index in [1.54, 1.807) is 32.4 Å². The van der Waals surface area contributed by atoms with Crippen LogP contribution in [0.4, 0.5) is 17.1 Å². The Balaban J connectivity index is 1.93. The third-order valence-electron chi connectivity index (χ3n) is 4.03. The Morgan fingerprint density at radius 3 is 2.27 bits per heavy atom. The van der Waals surface area contributed by atoms with Crippen LogP contribution in [-0.4, -0.2) is 25.0 Å². The van der Waals surface area contributed by atoms with E-state index in [0.29, 0.717) is 22.7 Å². The second-order valence-corrected chi connectivity index (χ2v) is 5.96. The first-order valence-corrected chi connectivity index (χ1v) is 8.88. The molecule has 0 saturated carbocycles. The zero-order valence-electron chi connectivity index (χ0n) is 16.4. The summed E-state index contributed by atoms with van der Waals surface area (Å²) >= 11 is 0. The minimum absolute atomic E-state index is 0.0199. The standard InChI is InChI=1S/C21H19N5O4/c1-29-19-13-8-15(14-20(19)30-2)21(24-22-16-6-4-3-5-7-16)25-23-17-9-11-18(12-10-17)26(27)28/h3-14,22H,1-2H3/b24-21+,25-23?. The highest BCUT2D eigenvalue weighted by Crippen LogP contribution is 2.28. The van der Waals surface area contributed by atoms with Gasteiger partial charge >= 0.3 is 0 Å². The van der Waals surface area contributed by atoms with Gasteiger partial charge in [0.2, 0.25) is 5.84 Å². The lowest BCUT2D eigenvalue weighted by atomic mass is 10.2. The number of anilines is 1. The normalized spacial score (nSPS) is 11.3. The second kappa shape index (κ2) is 9.78. The fourth-order valence-corrected chi connectivity index (χ4v) is 2.50. The van der Waals surface area contributed by atoms with Crippen LogP contribution >= 0.6 is 0 Å². The molecule has 30 heavy (non-hydrogen) atoms. The quantitative estimate of drug-likeness (QED) is 0.192. The molecule has 3 rings (SSSR count). The number of nitrogens with one attached hydrogen (secondary N) is 1. The Kier molecular flexibility index (Phi) is 6.67. The van der Waals surface area contributed by atoms with E-state index in [9.17, 15) is 10.1 Å². The van der Waals surface area contributed by atoms with Crippen LogP contribution in [0.5, 0.6) is 11.5 Å². The number of hydrogen-bond acceptors (Lipinski definition) is 7. The number of hydrogen-bond donors (Lipinski definition) is 1. The predicted octanol–water partition coefficient (Wildman–Crippen LogP) is 5.17. The molecule has 0 amide bonds. The molecule has 152 valence electrons. The van der Waals surface area contributed by atoms with Crippen LogP contribution in [0.2, 0.25) is 0 Å². The molecule has 0 spiro atoms. The zero-order valence-corrected chi connectivity index (χ0v) is 16.4. The molecule has 0 aliphatic heterocycles. The number of ether oxygens (including phenoxy) is 2. The summed E-state index contributed by atoms with van der Waals surface area (Å²) in [5.41, 5.74) is 4.79. The molecule has 0 aliphatic rings. The van der Waals surface area contributed by atoms with Gasteiger partial charge in [-0.05, 0) is 42.5 Å². The number of non-ortho nitro benzene ring substituents is 1. The number of nitro groups is 1. The van der Waals surface area contributed by atoms with E-state index in [-0.39, 0.29) is 11.5 Å². The Hall–Kier alpha value is -4.27. The monoisotopic (exact) mass is 405 g/mol. The molecule has 0 aromatic heterocycles. The van der Waals surface area contributed by atoms with Crippen molar-refractivity contribution < 1.29 is 14.4 Å². The molecule has 3 aromatic rings. The van der Waals surface area contributed by atoms with Crippen molar-refractivity contribution >= 4 is 22.9 Å². The second-order valence-electron chi connectivity index (χ2n) is 5.96. The minimum Gasteiger partial charge on any atom is -0.493 e. The van der Waals surface area contributed by atoms with Gasteiger partial charge in [0, 0.05) is 17.7 Å². The Morgan fingerprint density at radius 2 is 1.63 bits per heavy atom. The van der Waals surface area contributed by atoms with Gasteiger partial charge in [-0.1, -0.05) is 18.2 Å². The Bertz CT molecular complexity index is 1070. The van der Waals surface area contributed by atoms with E-state index in [0.717, 1.165) is 5.69 Å². The third-order valence-corrected chi connectivity index (χ3v) is 4.03. The van der Waals surface area contributed by atoms with Crippen molar-refractivity contribution in [3.63, 3.8) is 0 Å². The van der Waals surface area contributed by atoms with Gasteiger partial charge in [-0.3, -0.25) is 15.5 Å². The molecule has 0 unspecified atom stereocenters. The zero-order chi connectivity index (χ0) is 21.3. The first-order chi connectivity index (χ1) is 14.6. The summed E-state index contributed by atoms with van der Waals surface area (Å²) < 4.78 is 10.6. The highest BCUT2D eigenvalue weighted by molar-refractivity contribution is 6.00. The van der Waals surface area contributed by atoms with Crippen molar-refractivity contribution in [1.29, 1.82) is 0 Å². The van der Waals surface area contributed by atoms with Crippen LogP contribution in [0.3, 0.4) is 0 Å². The lowest BCUT2D eigenvalue weighted by molar-refractivity contribution is -0.384. The number of amidine groups is 1. The fraction of sp³-hybridized carbons (Fsp3) is 0.0952. The number of methoxy groups -OCH3 is 2. The summed E-state index contributed by atoms with van der Waals surface area (Å²) in [6.07, 6.45) is 0. The number of hydrazone groups is 1. The number of nitrogens with zero attached hydrogens (tertiary/aromatic N) is 4. The molecule has 9 nitrogen and oxygen atoms in total. The van der Waals surface area contributed by atoms with Gasteiger partial charge in [-0.2, -0.15) is 5.10 Å². The van der Waals surface area contributed by atoms with E-state index in [2.05, 4.69) is 20.8 Å². The van der Waals surface area contributed by atoms with Crippen molar-refractivity contribution in [2.45, 2.75) is 0 Å². The number of nitro benzene ring substituents is 1. The maximum absolute atomic E-state index is 10.8. The molecular weight excluding hydrogens is 386 g/mol. The van der Waals surface area contributed by atoms with Gasteiger partial charge in [0.25, 0.3) is 5.69 Å². The summed E-state index contributed by atoms with van der Waals surface area (Å²) in [5, 5.41) is 23.5. The van der Waals surface area contributed by atoms with Crippen molar-refractivity contribution in [1.82, 2.24) is 0 Å². The van der Waals surface area contributed by atoms with Gasteiger partial charge in [-0.15, -0.1) is 10.2 Å². The maximum atomic E-state index is 10.8. The molecular formula is C21H19N5O4. The lowest BCUT2D eigenvalue weighted by Gasteiger charge is -2.09. The summed E-state index contributed by atoms with van der Waals surface area (Å²) in [6.45, 7) is 0. The molecule has 0 saturated heterocycles. The van der Waals surface area contributed by atoms with Crippen LogP contribution in [0.15, 0.2) is 88.1 Å². The number of para-hydroxylation sites is 1. The first kappa shape index (κ1) is 20.5. The third kappa shape index (κ3) is 5.16. The predicted molar refractivity (Wildman–Crippen MR) is 114 cm³/mol. The molecule has 0 radical (unpaired) electrons. The van der Waals surface area contributed by atoms with E-state index in [1.807, 2.05) is 30.3 Å². The number of azo groups is 1. The minimum atomic E-state index is -0.471. The molecule has 0 fully saturated rings. The van der Waals surface area contributed by atoms with Crippen LogP contribution < -0.4 is 14.9 Å². The van der Waals surface area contributed by atoms with E-state index in [1.165, 1.54) is 24.3 Å². The number of benzene rings is 3. The van der Waals surface area contributed by atoms with Crippen LogP contribution in [0.1, 0.15) is 5.56 Å². The first-order valence-electron chi connectivity index (χ1n) is 8.88.